The zero-order valence-electron chi connectivity index (χ0n) is 27.5. The monoisotopic (exact) mass is 526 g/mol. The molecule has 36 heavy (non-hydrogen) atoms. The van der Waals surface area contributed by atoms with Crippen molar-refractivity contribution in [1.29, 1.82) is 0 Å². The molecule has 1 aromatic carbocycles. The first-order valence-electron chi connectivity index (χ1n) is 15.4. The van der Waals surface area contributed by atoms with Crippen molar-refractivity contribution in [3.63, 3.8) is 0 Å². The van der Waals surface area contributed by atoms with E-state index in [4.69, 9.17) is 15.7 Å². The van der Waals surface area contributed by atoms with E-state index in [0.29, 0.717) is 11.8 Å². The Morgan fingerprint density at radius 2 is 2.17 bits per heavy atom. The van der Waals surface area contributed by atoms with Gasteiger partial charge in [0.1, 0.15) is 18.0 Å². The van der Waals surface area contributed by atoms with E-state index >= 15 is 0 Å². The Morgan fingerprint density at radius 1 is 1.33 bits per heavy atom. The molecule has 12 heteroatoms. The Labute approximate surface area is 223 Å². The number of fused-ring (bicyclic) bond motifs is 1. The molecular weight excluding hydrogens is 487 g/mol. The van der Waals surface area contributed by atoms with E-state index in [9.17, 15) is 19.7 Å². The van der Waals surface area contributed by atoms with Crippen LogP contribution in [0.5, 0.6) is 0 Å². The molecule has 6 atom stereocenters. The van der Waals surface area contributed by atoms with Crippen LogP contribution in [0, 0.1) is 12.7 Å². The first kappa shape index (κ1) is 17.2. The number of anilines is 1. The number of thioether (sulfide) groups is 1. The molecule has 0 spiro atoms. The molecule has 3 aromatic rings. The topological polar surface area (TPSA) is 138 Å². The van der Waals surface area contributed by atoms with E-state index in [1.54, 1.807) is 6.92 Å². The number of rotatable bonds is 10. The second kappa shape index (κ2) is 10.5. The summed E-state index contributed by atoms with van der Waals surface area (Å²) in [6, 6.07) is -3.22. The molecule has 2 saturated carbocycles. The molecule has 0 amide bonds. The predicted octanol–water partition coefficient (Wildman–Crippen LogP) is 2.18. The minimum absolute atomic E-state index is 0.0285. The van der Waals surface area contributed by atoms with Crippen LogP contribution in [-0.4, -0.2) is 83.5 Å². The van der Waals surface area contributed by atoms with Crippen LogP contribution in [-0.2, 0) is 4.74 Å². The van der Waals surface area contributed by atoms with Crippen LogP contribution in [0.1, 0.15) is 60.2 Å². The summed E-state index contributed by atoms with van der Waals surface area (Å²) >= 11 is 0.711. The van der Waals surface area contributed by atoms with Gasteiger partial charge in [0.15, 0.2) is 22.1 Å². The number of nitrogens with zero attached hydrogens (tertiary/aromatic N) is 5. The van der Waals surface area contributed by atoms with Gasteiger partial charge in [0, 0.05) is 28.2 Å². The van der Waals surface area contributed by atoms with E-state index < -0.39 is 79.1 Å². The van der Waals surface area contributed by atoms with Gasteiger partial charge in [-0.3, -0.25) is 0 Å². The summed E-state index contributed by atoms with van der Waals surface area (Å²) in [6.07, 6.45) is -3.90. The minimum atomic E-state index is -2.66. The van der Waals surface area contributed by atoms with Crippen molar-refractivity contribution in [1.82, 2.24) is 25.0 Å². The maximum Gasteiger partial charge on any atom is 0.191 e. The average Bonchev–Trinajstić information content (AvgIpc) is 3.25. The first-order valence-corrected chi connectivity index (χ1v) is 12.2. The lowest BCUT2D eigenvalue weighted by atomic mass is 10.1. The normalized spacial score (nSPS) is 33.7. The van der Waals surface area contributed by atoms with Crippen molar-refractivity contribution in [2.24, 2.45) is 0 Å². The molecule has 0 saturated heterocycles. The predicted molar refractivity (Wildman–Crippen MR) is 133 cm³/mol. The van der Waals surface area contributed by atoms with Gasteiger partial charge >= 0.3 is 0 Å². The Balaban J connectivity index is 1.51. The third-order valence-electron chi connectivity index (χ3n) is 6.14. The highest BCUT2D eigenvalue weighted by Gasteiger charge is 2.45. The van der Waals surface area contributed by atoms with E-state index in [1.165, 1.54) is 11.6 Å². The van der Waals surface area contributed by atoms with Crippen molar-refractivity contribution in [2.75, 3.05) is 24.2 Å². The number of benzene rings is 1. The third kappa shape index (κ3) is 4.92. The SMILES string of the molecule is [2H]c1c([2H])c([C@]2([2H])C[C@H]2Nc2nc(SC([2H])([2H])CC)nc3c2nnn3[C@@H]2C[C@H](OCC([2H])([2H])O)[C@@H](O)[C@H]2O)c([2H])c(F)c1C. The van der Waals surface area contributed by atoms with Gasteiger partial charge in [-0.1, -0.05) is 36.0 Å². The summed E-state index contributed by atoms with van der Waals surface area (Å²) in [5, 5.41) is 41.9. The number of nitrogens with one attached hydrogen (secondary N) is 1. The van der Waals surface area contributed by atoms with Crippen LogP contribution < -0.4 is 5.32 Å². The molecule has 0 radical (unpaired) electrons. The lowest BCUT2D eigenvalue weighted by Gasteiger charge is -2.17. The van der Waals surface area contributed by atoms with E-state index in [-0.39, 0.29) is 52.5 Å². The van der Waals surface area contributed by atoms with E-state index in [0.717, 1.165) is 0 Å². The lowest BCUT2D eigenvalue weighted by molar-refractivity contribution is -0.0629. The molecule has 2 aromatic heterocycles. The molecule has 0 unspecified atom stereocenters. The standard InChI is InChI=1S/C24H31FN6O4S/c1-3-8-36-24-27-22(26-16-10-14(16)13-5-4-12(2)15(25)9-13)19-23(28-24)31(30-29-19)17-11-18(35-7-6-32)21(34)20(17)33/h4-5,9,14,16-18,20-21,32-34H,3,6-8,10-11H2,1-2H3,(H,26,27,28)/t14-,16+,17+,18-,20-,21+/m0/s1/i4D,5D,6D2,8D2,9D,14D. The lowest BCUT2D eigenvalue weighted by Crippen LogP contribution is -2.33. The fourth-order valence-electron chi connectivity index (χ4n) is 4.18. The quantitative estimate of drug-likeness (QED) is 0.230. The smallest absolute Gasteiger partial charge is 0.191 e. The number of hydrogen-bond acceptors (Lipinski definition) is 10. The van der Waals surface area contributed by atoms with Crippen LogP contribution in [0.3, 0.4) is 0 Å². The van der Waals surface area contributed by atoms with Crippen LogP contribution in [0.15, 0.2) is 23.3 Å². The molecule has 2 heterocycles. The van der Waals surface area contributed by atoms with Gasteiger partial charge in [-0.2, -0.15) is 0 Å². The number of aliphatic hydroxyl groups excluding tert-OH is 2. The highest BCUT2D eigenvalue weighted by molar-refractivity contribution is 7.99. The van der Waals surface area contributed by atoms with Gasteiger partial charge in [-0.15, -0.1) is 5.10 Å². The third-order valence-corrected chi connectivity index (χ3v) is 6.94. The zero-order valence-corrected chi connectivity index (χ0v) is 20.3. The van der Waals surface area contributed by atoms with Gasteiger partial charge in [0.05, 0.1) is 32.2 Å². The highest BCUT2D eigenvalue weighted by Crippen LogP contribution is 2.44. The Hall–Kier alpha value is -2.38. The highest BCUT2D eigenvalue weighted by atomic mass is 32.2. The van der Waals surface area contributed by atoms with Gasteiger partial charge in [-0.05, 0) is 36.9 Å². The zero-order chi connectivity index (χ0) is 32.5. The molecule has 0 bridgehead atoms. The Bertz CT molecular complexity index is 1570. The fraction of sp³-hybridized carbons (Fsp3) is 0.583. The molecule has 2 aliphatic carbocycles. The number of halogens is 1. The Kier molecular flexibility index (Phi) is 5.03. The fourth-order valence-corrected chi connectivity index (χ4v) is 4.73. The molecule has 2 fully saturated rings. The van der Waals surface area contributed by atoms with Crippen molar-refractivity contribution in [2.45, 2.75) is 74.6 Å². The van der Waals surface area contributed by atoms with Gasteiger partial charge in [-0.25, -0.2) is 19.0 Å². The number of aliphatic hydroxyl groups is 3. The molecule has 5 rings (SSSR count). The number of ether oxygens (including phenoxy) is 1. The molecule has 4 N–H and O–H groups in total. The van der Waals surface area contributed by atoms with Crippen LogP contribution in [0.2, 0.25) is 0 Å². The maximum atomic E-state index is 14.7. The second-order valence-corrected chi connectivity index (χ2v) is 9.43. The van der Waals surface area contributed by atoms with E-state index in [2.05, 4.69) is 25.6 Å². The molecular formula is C24H31FN6O4S. The van der Waals surface area contributed by atoms with Crippen LogP contribution >= 0.6 is 11.8 Å². The number of aromatic nitrogens is 5. The molecule has 194 valence electrons. The molecule has 10 nitrogen and oxygen atoms in total. The largest absolute Gasteiger partial charge is 0.394 e. The van der Waals surface area contributed by atoms with Crippen LogP contribution in [0.25, 0.3) is 11.2 Å². The van der Waals surface area contributed by atoms with Crippen molar-refractivity contribution in [3.05, 3.63) is 35.1 Å². The summed E-state index contributed by atoms with van der Waals surface area (Å²) in [7, 11) is 0. The summed E-state index contributed by atoms with van der Waals surface area (Å²) in [5.74, 6) is -2.59. The van der Waals surface area contributed by atoms with Crippen molar-refractivity contribution >= 4 is 28.7 Å². The van der Waals surface area contributed by atoms with Crippen molar-refractivity contribution in [3.8, 4) is 0 Å². The van der Waals surface area contributed by atoms with Crippen molar-refractivity contribution < 1.29 is 35.4 Å². The average molecular weight is 527 g/mol. The molecule has 0 aliphatic heterocycles. The van der Waals surface area contributed by atoms with Gasteiger partial charge in [0.25, 0.3) is 0 Å². The summed E-state index contributed by atoms with van der Waals surface area (Å²) in [6.45, 7) is -0.479. The van der Waals surface area contributed by atoms with Gasteiger partial charge in [0.2, 0.25) is 0 Å². The maximum absolute atomic E-state index is 14.7. The summed E-state index contributed by atoms with van der Waals surface area (Å²) in [5.41, 5.74) is -2.07. The Morgan fingerprint density at radius 3 is 2.94 bits per heavy atom. The first-order chi connectivity index (χ1) is 20.4. The summed E-state index contributed by atoms with van der Waals surface area (Å²) in [4.78, 5) is 8.83. The number of hydrogen-bond donors (Lipinski definition) is 4. The summed E-state index contributed by atoms with van der Waals surface area (Å²) < 4.78 is 85.7. The second-order valence-electron chi connectivity index (χ2n) is 8.57. The van der Waals surface area contributed by atoms with E-state index in [1.807, 2.05) is 0 Å². The minimum Gasteiger partial charge on any atom is -0.394 e. The van der Waals surface area contributed by atoms with Gasteiger partial charge < -0.3 is 25.4 Å². The molecule has 2 aliphatic rings. The van der Waals surface area contributed by atoms with Crippen LogP contribution in [0.4, 0.5) is 10.2 Å².